The Hall–Kier alpha value is -0.570. The predicted octanol–water partition coefficient (Wildman–Crippen LogP) is 2.95. The van der Waals surface area contributed by atoms with E-state index in [1.807, 2.05) is 0 Å². The lowest BCUT2D eigenvalue weighted by atomic mass is 10.1. The van der Waals surface area contributed by atoms with Gasteiger partial charge in [0, 0.05) is 31.6 Å². The number of carbonyl (C=O) groups is 1. The Bertz CT molecular complexity index is 243. The summed E-state index contributed by atoms with van der Waals surface area (Å²) >= 11 is 0. The first-order chi connectivity index (χ1) is 8.65. The Balaban J connectivity index is 2.15. The molecule has 0 aliphatic carbocycles. The maximum atomic E-state index is 12.1. The zero-order chi connectivity index (χ0) is 13.4. The van der Waals surface area contributed by atoms with E-state index in [4.69, 9.17) is 0 Å². The fourth-order valence-electron chi connectivity index (χ4n) is 2.57. The van der Waals surface area contributed by atoms with Crippen LogP contribution in [0.2, 0.25) is 0 Å². The van der Waals surface area contributed by atoms with Gasteiger partial charge in [-0.3, -0.25) is 4.79 Å². The van der Waals surface area contributed by atoms with Gasteiger partial charge in [0.1, 0.15) is 0 Å². The van der Waals surface area contributed by atoms with Crippen LogP contribution in [0.1, 0.15) is 65.7 Å². The molecule has 1 amide bonds. The average molecular weight is 254 g/mol. The van der Waals surface area contributed by atoms with Crippen molar-refractivity contribution in [1.29, 1.82) is 0 Å². The molecule has 0 aromatic rings. The minimum absolute atomic E-state index is 0.353. The molecule has 0 radical (unpaired) electrons. The molecule has 0 aromatic heterocycles. The highest BCUT2D eigenvalue weighted by Crippen LogP contribution is 2.12. The minimum Gasteiger partial charge on any atom is -0.337 e. The normalized spacial score (nSPS) is 24.3. The van der Waals surface area contributed by atoms with E-state index in [1.165, 1.54) is 32.1 Å². The summed E-state index contributed by atoms with van der Waals surface area (Å²) in [6, 6.07) is 0.795. The highest BCUT2D eigenvalue weighted by molar-refractivity contribution is 5.76. The zero-order valence-corrected chi connectivity index (χ0v) is 12.4. The van der Waals surface area contributed by atoms with E-state index in [0.717, 1.165) is 25.9 Å². The largest absolute Gasteiger partial charge is 0.337 e. The van der Waals surface area contributed by atoms with Crippen LogP contribution in [0.5, 0.6) is 0 Å². The molecule has 2 atom stereocenters. The summed E-state index contributed by atoms with van der Waals surface area (Å²) in [5, 5.41) is 3.41. The molecule has 18 heavy (non-hydrogen) atoms. The maximum absolute atomic E-state index is 12.1. The second kappa shape index (κ2) is 8.52. The Labute approximate surface area is 112 Å². The van der Waals surface area contributed by atoms with Crippen LogP contribution in [0.25, 0.3) is 0 Å². The van der Waals surface area contributed by atoms with Gasteiger partial charge < -0.3 is 10.2 Å². The van der Waals surface area contributed by atoms with E-state index in [-0.39, 0.29) is 0 Å². The summed E-state index contributed by atoms with van der Waals surface area (Å²) in [7, 11) is 0. The molecule has 1 heterocycles. The molecule has 1 aliphatic rings. The van der Waals surface area contributed by atoms with Gasteiger partial charge in [0.15, 0.2) is 0 Å². The van der Waals surface area contributed by atoms with Gasteiger partial charge in [-0.05, 0) is 20.3 Å². The van der Waals surface area contributed by atoms with Crippen LogP contribution in [-0.2, 0) is 4.79 Å². The van der Waals surface area contributed by atoms with E-state index in [9.17, 15) is 4.79 Å². The van der Waals surface area contributed by atoms with Crippen molar-refractivity contribution in [2.75, 3.05) is 13.1 Å². The van der Waals surface area contributed by atoms with Crippen molar-refractivity contribution in [2.45, 2.75) is 77.8 Å². The lowest BCUT2D eigenvalue weighted by Gasteiger charge is -2.37. The number of piperazine rings is 1. The molecule has 0 aromatic carbocycles. The summed E-state index contributed by atoms with van der Waals surface area (Å²) in [6.07, 6.45) is 8.24. The van der Waals surface area contributed by atoms with E-state index in [0.29, 0.717) is 18.0 Å². The van der Waals surface area contributed by atoms with Crippen molar-refractivity contribution in [1.82, 2.24) is 10.2 Å². The van der Waals surface area contributed by atoms with E-state index >= 15 is 0 Å². The van der Waals surface area contributed by atoms with Gasteiger partial charge in [0.2, 0.25) is 5.91 Å². The quantitative estimate of drug-likeness (QED) is 0.708. The Morgan fingerprint density at radius 3 is 2.56 bits per heavy atom. The van der Waals surface area contributed by atoms with Gasteiger partial charge in [-0.25, -0.2) is 0 Å². The number of carbonyl (C=O) groups excluding carboxylic acids is 1. The molecule has 1 rings (SSSR count). The summed E-state index contributed by atoms with van der Waals surface area (Å²) in [6.45, 7) is 8.32. The van der Waals surface area contributed by atoms with Gasteiger partial charge in [-0.2, -0.15) is 0 Å². The van der Waals surface area contributed by atoms with Crippen LogP contribution in [-0.4, -0.2) is 36.0 Å². The molecule has 1 saturated heterocycles. The minimum atomic E-state index is 0.353. The Morgan fingerprint density at radius 1 is 1.17 bits per heavy atom. The maximum Gasteiger partial charge on any atom is 0.222 e. The fourth-order valence-corrected chi connectivity index (χ4v) is 2.57. The molecule has 0 bridgehead atoms. The zero-order valence-electron chi connectivity index (χ0n) is 12.4. The van der Waals surface area contributed by atoms with E-state index < -0.39 is 0 Å². The summed E-state index contributed by atoms with van der Waals surface area (Å²) < 4.78 is 0. The Kier molecular flexibility index (Phi) is 7.33. The lowest BCUT2D eigenvalue weighted by Crippen LogP contribution is -2.56. The SMILES string of the molecule is CCCCCCCCC(=O)N1CC(C)NCC1C. The molecule has 106 valence electrons. The highest BCUT2D eigenvalue weighted by atomic mass is 16.2. The second-order valence-corrected chi connectivity index (χ2v) is 5.72. The van der Waals surface area contributed by atoms with Crippen LogP contribution in [0.3, 0.4) is 0 Å². The van der Waals surface area contributed by atoms with Crippen LogP contribution >= 0.6 is 0 Å². The third kappa shape index (κ3) is 5.38. The summed E-state index contributed by atoms with van der Waals surface area (Å²) in [4.78, 5) is 14.2. The van der Waals surface area contributed by atoms with Crippen molar-refractivity contribution in [3.8, 4) is 0 Å². The summed E-state index contributed by atoms with van der Waals surface area (Å²) in [5.74, 6) is 0.353. The molecular formula is C15H30N2O. The Morgan fingerprint density at radius 2 is 1.83 bits per heavy atom. The van der Waals surface area contributed by atoms with Crippen molar-refractivity contribution in [3.05, 3.63) is 0 Å². The number of amides is 1. The topological polar surface area (TPSA) is 32.3 Å². The molecule has 3 heteroatoms. The molecule has 1 aliphatic heterocycles. The third-order valence-corrected chi connectivity index (χ3v) is 3.83. The first-order valence-corrected chi connectivity index (χ1v) is 7.68. The van der Waals surface area contributed by atoms with Crippen LogP contribution < -0.4 is 5.32 Å². The molecule has 1 fully saturated rings. The number of unbranched alkanes of at least 4 members (excludes halogenated alkanes) is 5. The van der Waals surface area contributed by atoms with Gasteiger partial charge >= 0.3 is 0 Å². The van der Waals surface area contributed by atoms with Crippen molar-refractivity contribution >= 4 is 5.91 Å². The molecule has 2 unspecified atom stereocenters. The number of hydrogen-bond acceptors (Lipinski definition) is 2. The first kappa shape index (κ1) is 15.5. The molecule has 0 spiro atoms. The molecule has 0 saturated carbocycles. The van der Waals surface area contributed by atoms with Crippen LogP contribution in [0, 0.1) is 0 Å². The highest BCUT2D eigenvalue weighted by Gasteiger charge is 2.25. The number of nitrogens with one attached hydrogen (secondary N) is 1. The van der Waals surface area contributed by atoms with Crippen molar-refractivity contribution in [2.24, 2.45) is 0 Å². The standard InChI is InChI=1S/C15H30N2O/c1-4-5-6-7-8-9-10-15(18)17-12-13(2)16-11-14(17)3/h13-14,16H,4-12H2,1-3H3. The number of nitrogens with zero attached hydrogens (tertiary/aromatic N) is 1. The fraction of sp³-hybridized carbons (Fsp3) is 0.933. The van der Waals surface area contributed by atoms with Gasteiger partial charge in [0.05, 0.1) is 0 Å². The molecule has 3 nitrogen and oxygen atoms in total. The van der Waals surface area contributed by atoms with Gasteiger partial charge in [0.25, 0.3) is 0 Å². The predicted molar refractivity (Wildman–Crippen MR) is 76.6 cm³/mol. The van der Waals surface area contributed by atoms with Crippen molar-refractivity contribution in [3.63, 3.8) is 0 Å². The second-order valence-electron chi connectivity index (χ2n) is 5.72. The monoisotopic (exact) mass is 254 g/mol. The number of rotatable bonds is 7. The summed E-state index contributed by atoms with van der Waals surface area (Å²) in [5.41, 5.74) is 0. The smallest absolute Gasteiger partial charge is 0.222 e. The lowest BCUT2D eigenvalue weighted by molar-refractivity contribution is -0.134. The average Bonchev–Trinajstić information content (AvgIpc) is 2.36. The molecule has 1 N–H and O–H groups in total. The van der Waals surface area contributed by atoms with Gasteiger partial charge in [-0.15, -0.1) is 0 Å². The van der Waals surface area contributed by atoms with E-state index in [1.54, 1.807) is 0 Å². The van der Waals surface area contributed by atoms with Crippen LogP contribution in [0.4, 0.5) is 0 Å². The van der Waals surface area contributed by atoms with Crippen molar-refractivity contribution < 1.29 is 4.79 Å². The first-order valence-electron chi connectivity index (χ1n) is 7.68. The third-order valence-electron chi connectivity index (χ3n) is 3.83. The van der Waals surface area contributed by atoms with Crippen LogP contribution in [0.15, 0.2) is 0 Å². The number of hydrogen-bond donors (Lipinski definition) is 1. The molecular weight excluding hydrogens is 224 g/mol. The van der Waals surface area contributed by atoms with E-state index in [2.05, 4.69) is 31.0 Å². The van der Waals surface area contributed by atoms with Gasteiger partial charge in [-0.1, -0.05) is 39.0 Å².